The third-order valence-corrected chi connectivity index (χ3v) is 8.46. The zero-order valence-corrected chi connectivity index (χ0v) is 23.3. The van der Waals surface area contributed by atoms with Gasteiger partial charge in [-0.05, 0) is 55.0 Å². The van der Waals surface area contributed by atoms with Gasteiger partial charge in [-0.15, -0.1) is 0 Å². The first-order valence-electron chi connectivity index (χ1n) is 12.8. The molecule has 4 aromatic rings. The Bertz CT molecular complexity index is 1810. The predicted octanol–water partition coefficient (Wildman–Crippen LogP) is 6.35. The normalized spacial score (nSPS) is 15.4. The molecule has 1 aliphatic rings. The fourth-order valence-electron chi connectivity index (χ4n) is 4.54. The minimum atomic E-state index is -4.81. The third-order valence-electron chi connectivity index (χ3n) is 6.69. The number of aromatic nitrogens is 2. The van der Waals surface area contributed by atoms with E-state index >= 15 is 0 Å². The molecule has 44 heavy (non-hydrogen) atoms. The second-order valence-electron chi connectivity index (χ2n) is 9.57. The van der Waals surface area contributed by atoms with E-state index in [-0.39, 0.29) is 47.8 Å². The van der Waals surface area contributed by atoms with Crippen molar-refractivity contribution in [3.8, 4) is 28.6 Å². The number of halogens is 6. The van der Waals surface area contributed by atoms with E-state index in [1.54, 1.807) is 0 Å². The van der Waals surface area contributed by atoms with Gasteiger partial charge in [0.05, 0.1) is 40.9 Å². The lowest BCUT2D eigenvalue weighted by atomic mass is 10.1. The Morgan fingerprint density at radius 1 is 1.00 bits per heavy atom. The molecule has 0 unspecified atom stereocenters. The van der Waals surface area contributed by atoms with Crippen molar-refractivity contribution in [2.24, 2.45) is 0 Å². The number of benzene rings is 3. The summed E-state index contributed by atoms with van der Waals surface area (Å²) in [5, 5.41) is 3.75. The molecule has 0 radical (unpaired) electrons. The van der Waals surface area contributed by atoms with Crippen LogP contribution in [0.5, 0.6) is 5.75 Å². The van der Waals surface area contributed by atoms with Gasteiger partial charge in [-0.2, -0.15) is 31.3 Å². The van der Waals surface area contributed by atoms with Gasteiger partial charge in [-0.25, -0.2) is 8.42 Å². The molecule has 9 nitrogen and oxygen atoms in total. The summed E-state index contributed by atoms with van der Waals surface area (Å²) < 4.78 is 125. The minimum absolute atomic E-state index is 0.0107. The molecular weight excluding hydrogens is 620 g/mol. The Labute approximate surface area is 246 Å². The summed E-state index contributed by atoms with van der Waals surface area (Å²) in [7, 11) is -3.47. The van der Waals surface area contributed by atoms with Crippen molar-refractivity contribution < 1.29 is 53.6 Å². The summed E-state index contributed by atoms with van der Waals surface area (Å²) in [4.78, 5) is 15.1. The van der Waals surface area contributed by atoms with Crippen LogP contribution in [0.2, 0.25) is 0 Å². The number of ether oxygens (including phenoxy) is 2. The lowest BCUT2D eigenvalue weighted by Gasteiger charge is -2.35. The third kappa shape index (κ3) is 6.20. The standard InChI is InChI=1S/C28H21F6N3O6S/c1-41-24(38)12-10-18-15-37(44(39,40)19-6-4-5-17(14-19)27(29,30)31)22-13-16(9-11-23(22)42-18)25-35-26(43-36-25)20-7-2-3-8-21(20)28(32,33)34/h2-9,11,13-14,18H,10,12,15H2,1H3/t18-/m0/s1. The molecule has 232 valence electrons. The molecule has 0 saturated carbocycles. The topological polar surface area (TPSA) is 112 Å². The summed E-state index contributed by atoms with van der Waals surface area (Å²) in [6.45, 7) is -0.386. The monoisotopic (exact) mass is 641 g/mol. The lowest BCUT2D eigenvalue weighted by molar-refractivity contribution is -0.141. The number of esters is 1. The van der Waals surface area contributed by atoms with Crippen LogP contribution >= 0.6 is 0 Å². The van der Waals surface area contributed by atoms with Crippen molar-refractivity contribution >= 4 is 21.7 Å². The molecular formula is C28H21F6N3O6S. The smallest absolute Gasteiger partial charge is 0.417 e. The van der Waals surface area contributed by atoms with E-state index in [2.05, 4.69) is 14.9 Å². The van der Waals surface area contributed by atoms with Crippen LogP contribution in [-0.2, 0) is 31.9 Å². The number of nitrogens with zero attached hydrogens (tertiary/aromatic N) is 3. The van der Waals surface area contributed by atoms with Gasteiger partial charge in [0.15, 0.2) is 0 Å². The average Bonchev–Trinajstić information content (AvgIpc) is 3.49. The Morgan fingerprint density at radius 2 is 1.75 bits per heavy atom. The molecule has 1 atom stereocenters. The maximum atomic E-state index is 13.8. The van der Waals surface area contributed by atoms with Gasteiger partial charge < -0.3 is 14.0 Å². The number of carbonyl (C=O) groups is 1. The zero-order valence-electron chi connectivity index (χ0n) is 22.5. The molecule has 16 heteroatoms. The lowest BCUT2D eigenvalue weighted by Crippen LogP contribution is -2.43. The SMILES string of the molecule is COC(=O)CC[C@H]1CN(S(=O)(=O)c2cccc(C(F)(F)F)c2)c2cc(-c3noc(-c4ccccc4C(F)(F)F)n3)ccc2O1. The van der Waals surface area contributed by atoms with Crippen LogP contribution < -0.4 is 9.04 Å². The van der Waals surface area contributed by atoms with Crippen LogP contribution in [0.15, 0.2) is 76.1 Å². The highest BCUT2D eigenvalue weighted by atomic mass is 32.2. The highest BCUT2D eigenvalue weighted by Gasteiger charge is 2.38. The van der Waals surface area contributed by atoms with Gasteiger partial charge in [0, 0.05) is 12.0 Å². The summed E-state index contributed by atoms with van der Waals surface area (Å²) in [5.41, 5.74) is -2.55. The molecule has 0 saturated heterocycles. The molecule has 0 bridgehead atoms. The first-order chi connectivity index (χ1) is 20.7. The minimum Gasteiger partial charge on any atom is -0.486 e. The van der Waals surface area contributed by atoms with E-state index in [0.717, 1.165) is 34.6 Å². The fraction of sp³-hybridized carbons (Fsp3) is 0.250. The van der Waals surface area contributed by atoms with Crippen LogP contribution in [0.4, 0.5) is 32.0 Å². The number of sulfonamides is 1. The summed E-state index contributed by atoms with van der Waals surface area (Å²) in [5.74, 6) is -1.21. The maximum Gasteiger partial charge on any atom is 0.417 e. The highest BCUT2D eigenvalue weighted by Crippen LogP contribution is 2.42. The second kappa shape index (κ2) is 11.5. The van der Waals surface area contributed by atoms with E-state index < -0.39 is 56.4 Å². The number of anilines is 1. The molecule has 0 spiro atoms. The van der Waals surface area contributed by atoms with Gasteiger partial charge in [0.2, 0.25) is 5.82 Å². The van der Waals surface area contributed by atoms with Crippen molar-refractivity contribution in [3.05, 3.63) is 77.9 Å². The van der Waals surface area contributed by atoms with Crippen molar-refractivity contribution in [1.82, 2.24) is 10.1 Å². The predicted molar refractivity (Wildman–Crippen MR) is 142 cm³/mol. The summed E-state index contributed by atoms with van der Waals surface area (Å²) >= 11 is 0. The molecule has 3 aromatic carbocycles. The Kier molecular flexibility index (Phi) is 8.05. The van der Waals surface area contributed by atoms with Crippen molar-refractivity contribution in [2.75, 3.05) is 18.0 Å². The van der Waals surface area contributed by atoms with Crippen LogP contribution in [0.25, 0.3) is 22.8 Å². The number of carbonyl (C=O) groups excluding carboxylic acids is 1. The maximum absolute atomic E-state index is 13.8. The number of alkyl halides is 6. The second-order valence-corrected chi connectivity index (χ2v) is 11.4. The van der Waals surface area contributed by atoms with Crippen LogP contribution in [-0.4, -0.2) is 44.3 Å². The fourth-order valence-corrected chi connectivity index (χ4v) is 6.08. The van der Waals surface area contributed by atoms with Crippen LogP contribution in [0.1, 0.15) is 24.0 Å². The van der Waals surface area contributed by atoms with Gasteiger partial charge in [0.25, 0.3) is 15.9 Å². The molecule has 0 amide bonds. The van der Waals surface area contributed by atoms with Gasteiger partial charge in [-0.1, -0.05) is 23.4 Å². The number of methoxy groups -OCH3 is 1. The van der Waals surface area contributed by atoms with E-state index in [4.69, 9.17) is 9.26 Å². The number of rotatable bonds is 7. The van der Waals surface area contributed by atoms with E-state index in [1.807, 2.05) is 0 Å². The van der Waals surface area contributed by atoms with Crippen molar-refractivity contribution in [2.45, 2.75) is 36.2 Å². The molecule has 1 aromatic heterocycles. The highest BCUT2D eigenvalue weighted by molar-refractivity contribution is 7.92. The molecule has 0 fully saturated rings. The van der Waals surface area contributed by atoms with Gasteiger partial charge >= 0.3 is 18.3 Å². The zero-order chi connectivity index (χ0) is 31.9. The summed E-state index contributed by atoms with van der Waals surface area (Å²) in [6, 6.07) is 11.8. The number of hydrogen-bond acceptors (Lipinski definition) is 8. The van der Waals surface area contributed by atoms with Gasteiger partial charge in [-0.3, -0.25) is 9.10 Å². The molecule has 2 heterocycles. The average molecular weight is 642 g/mol. The first-order valence-corrected chi connectivity index (χ1v) is 14.2. The van der Waals surface area contributed by atoms with Crippen molar-refractivity contribution in [3.63, 3.8) is 0 Å². The molecule has 1 aliphatic heterocycles. The quantitative estimate of drug-likeness (QED) is 0.170. The van der Waals surface area contributed by atoms with Gasteiger partial charge in [0.1, 0.15) is 11.9 Å². The number of fused-ring (bicyclic) bond motifs is 1. The van der Waals surface area contributed by atoms with Crippen LogP contribution in [0.3, 0.4) is 0 Å². The van der Waals surface area contributed by atoms with Crippen LogP contribution in [0, 0.1) is 0 Å². The Balaban J connectivity index is 1.56. The van der Waals surface area contributed by atoms with E-state index in [9.17, 15) is 39.6 Å². The van der Waals surface area contributed by atoms with Crippen molar-refractivity contribution in [1.29, 1.82) is 0 Å². The number of hydrogen-bond donors (Lipinski definition) is 0. The van der Waals surface area contributed by atoms with E-state index in [0.29, 0.717) is 6.07 Å². The molecule has 0 N–H and O–H groups in total. The Morgan fingerprint density at radius 3 is 2.45 bits per heavy atom. The summed E-state index contributed by atoms with van der Waals surface area (Å²) in [6.07, 6.45) is -10.5. The molecule has 0 aliphatic carbocycles. The largest absolute Gasteiger partial charge is 0.486 e. The first kappa shape index (κ1) is 30.8. The molecule has 5 rings (SSSR count). The Hall–Kier alpha value is -4.60. The van der Waals surface area contributed by atoms with E-state index in [1.165, 1.54) is 37.4 Å².